The largest absolute Gasteiger partial charge is 0.400 e. The van der Waals surface area contributed by atoms with Gasteiger partial charge >= 0.3 is 9.28 Å². The molecule has 4 heteroatoms. The summed E-state index contributed by atoms with van der Waals surface area (Å²) in [6.07, 6.45) is 3.87. The number of carbonyl (C=O) groups is 1. The fraction of sp³-hybridized carbons (Fsp3) is 0.667. The lowest BCUT2D eigenvalue weighted by molar-refractivity contribution is -0.114. The highest BCUT2D eigenvalue weighted by atomic mass is 28.3. The van der Waals surface area contributed by atoms with Crippen LogP contribution in [0.4, 0.5) is 0 Å². The number of rotatable bonds is 8. The average Bonchev–Trinajstić information content (AvgIpc) is 2.18. The van der Waals surface area contributed by atoms with Gasteiger partial charge in [-0.05, 0) is 18.5 Å². The van der Waals surface area contributed by atoms with Crippen molar-refractivity contribution in [3.8, 4) is 0 Å². The van der Waals surface area contributed by atoms with Gasteiger partial charge in [0, 0.05) is 20.6 Å². The Morgan fingerprint density at radius 3 is 2.46 bits per heavy atom. The van der Waals surface area contributed by atoms with Crippen molar-refractivity contribution in [3.63, 3.8) is 0 Å². The SMILES string of the molecule is C=CC(=O)CCCC[SiH](OC)OC. The van der Waals surface area contributed by atoms with Gasteiger partial charge in [-0.15, -0.1) is 0 Å². The quantitative estimate of drug-likeness (QED) is 0.339. The molecule has 0 aliphatic rings. The van der Waals surface area contributed by atoms with Gasteiger partial charge in [0.05, 0.1) is 0 Å². The summed E-state index contributed by atoms with van der Waals surface area (Å²) in [5, 5.41) is 0. The van der Waals surface area contributed by atoms with E-state index < -0.39 is 9.28 Å². The van der Waals surface area contributed by atoms with Crippen LogP contribution in [0.2, 0.25) is 6.04 Å². The minimum atomic E-state index is -1.40. The van der Waals surface area contributed by atoms with Crippen LogP contribution in [0.5, 0.6) is 0 Å². The molecule has 0 aliphatic heterocycles. The molecule has 0 aliphatic carbocycles. The van der Waals surface area contributed by atoms with Crippen LogP contribution in [0.15, 0.2) is 12.7 Å². The van der Waals surface area contributed by atoms with Crippen LogP contribution in [0, 0.1) is 0 Å². The van der Waals surface area contributed by atoms with Crippen molar-refractivity contribution in [1.82, 2.24) is 0 Å². The van der Waals surface area contributed by atoms with Crippen LogP contribution >= 0.6 is 0 Å². The van der Waals surface area contributed by atoms with Crippen molar-refractivity contribution in [2.24, 2.45) is 0 Å². The van der Waals surface area contributed by atoms with E-state index in [0.717, 1.165) is 18.9 Å². The Kier molecular flexibility index (Phi) is 7.87. The second-order valence-corrected chi connectivity index (χ2v) is 5.20. The van der Waals surface area contributed by atoms with E-state index in [4.69, 9.17) is 8.85 Å². The summed E-state index contributed by atoms with van der Waals surface area (Å²) in [5.74, 6) is 0.119. The van der Waals surface area contributed by atoms with E-state index in [1.165, 1.54) is 6.08 Å². The highest BCUT2D eigenvalue weighted by Crippen LogP contribution is 2.05. The van der Waals surface area contributed by atoms with E-state index in [2.05, 4.69) is 6.58 Å². The highest BCUT2D eigenvalue weighted by Gasteiger charge is 2.08. The summed E-state index contributed by atoms with van der Waals surface area (Å²) in [4.78, 5) is 10.8. The minimum Gasteiger partial charge on any atom is -0.400 e. The highest BCUT2D eigenvalue weighted by molar-refractivity contribution is 6.44. The second kappa shape index (κ2) is 8.16. The fourth-order valence-electron chi connectivity index (χ4n) is 1.04. The second-order valence-electron chi connectivity index (χ2n) is 2.82. The maximum Gasteiger partial charge on any atom is 0.320 e. The van der Waals surface area contributed by atoms with Crippen molar-refractivity contribution in [1.29, 1.82) is 0 Å². The molecular formula is C9H18O3Si. The van der Waals surface area contributed by atoms with Gasteiger partial charge in [0.25, 0.3) is 0 Å². The maximum absolute atomic E-state index is 10.8. The number of ketones is 1. The molecule has 0 radical (unpaired) electrons. The van der Waals surface area contributed by atoms with Gasteiger partial charge in [0.15, 0.2) is 5.78 Å². The van der Waals surface area contributed by atoms with Gasteiger partial charge in [-0.25, -0.2) is 0 Å². The molecule has 76 valence electrons. The van der Waals surface area contributed by atoms with E-state index in [-0.39, 0.29) is 5.78 Å². The summed E-state index contributed by atoms with van der Waals surface area (Å²) in [5.41, 5.74) is 0. The molecule has 0 heterocycles. The lowest BCUT2D eigenvalue weighted by Crippen LogP contribution is -2.18. The predicted octanol–water partition coefficient (Wildman–Crippen LogP) is 1.43. The Morgan fingerprint density at radius 1 is 1.38 bits per heavy atom. The molecule has 0 saturated heterocycles. The average molecular weight is 202 g/mol. The van der Waals surface area contributed by atoms with Crippen molar-refractivity contribution in [2.45, 2.75) is 25.3 Å². The third-order valence-electron chi connectivity index (χ3n) is 1.87. The zero-order valence-electron chi connectivity index (χ0n) is 8.41. The molecule has 0 aromatic heterocycles. The molecule has 0 saturated carbocycles. The van der Waals surface area contributed by atoms with Crippen molar-refractivity contribution < 1.29 is 13.6 Å². The fourth-order valence-corrected chi connectivity index (χ4v) is 2.33. The van der Waals surface area contributed by atoms with E-state index in [1.54, 1.807) is 14.2 Å². The molecular weight excluding hydrogens is 184 g/mol. The molecule has 0 amide bonds. The number of allylic oxidation sites excluding steroid dienone is 1. The first-order chi connectivity index (χ1) is 6.24. The third-order valence-corrected chi connectivity index (χ3v) is 3.80. The Labute approximate surface area is 81.6 Å². The van der Waals surface area contributed by atoms with Crippen LogP contribution in [-0.4, -0.2) is 29.3 Å². The lowest BCUT2D eigenvalue weighted by Gasteiger charge is -2.09. The third kappa shape index (κ3) is 6.69. The normalized spacial score (nSPS) is 10.4. The first-order valence-electron chi connectivity index (χ1n) is 4.45. The molecule has 13 heavy (non-hydrogen) atoms. The van der Waals surface area contributed by atoms with Crippen molar-refractivity contribution in [2.75, 3.05) is 14.2 Å². The summed E-state index contributed by atoms with van der Waals surface area (Å²) in [6, 6.07) is 0.970. The van der Waals surface area contributed by atoms with Gasteiger partial charge in [-0.1, -0.05) is 13.0 Å². The Morgan fingerprint density at radius 2 is 2.00 bits per heavy atom. The van der Waals surface area contributed by atoms with Crippen LogP contribution < -0.4 is 0 Å². The first kappa shape index (κ1) is 12.5. The van der Waals surface area contributed by atoms with Crippen LogP contribution in [0.3, 0.4) is 0 Å². The Hall–Kier alpha value is -0.453. The standard InChI is InChI=1S/C9H18O3Si/c1-4-9(10)7-5-6-8-13(11-2)12-3/h4,13H,1,5-8H2,2-3H3. The molecule has 3 nitrogen and oxygen atoms in total. The summed E-state index contributed by atoms with van der Waals surface area (Å²) in [6.45, 7) is 3.42. The van der Waals surface area contributed by atoms with Crippen molar-refractivity contribution in [3.05, 3.63) is 12.7 Å². The molecule has 0 unspecified atom stereocenters. The predicted molar refractivity (Wildman–Crippen MR) is 55.0 cm³/mol. The van der Waals surface area contributed by atoms with Crippen LogP contribution in [0.1, 0.15) is 19.3 Å². The van der Waals surface area contributed by atoms with E-state index in [1.807, 2.05) is 0 Å². The Bertz CT molecular complexity index is 155. The molecule has 0 atom stereocenters. The molecule has 0 N–H and O–H groups in total. The lowest BCUT2D eigenvalue weighted by atomic mass is 10.2. The minimum absolute atomic E-state index is 0.119. The number of hydrogen-bond donors (Lipinski definition) is 0. The zero-order valence-corrected chi connectivity index (χ0v) is 9.57. The van der Waals surface area contributed by atoms with Gasteiger partial charge < -0.3 is 8.85 Å². The van der Waals surface area contributed by atoms with Crippen molar-refractivity contribution >= 4 is 15.1 Å². The molecule has 0 bridgehead atoms. The summed E-state index contributed by atoms with van der Waals surface area (Å²) >= 11 is 0. The van der Waals surface area contributed by atoms with Crippen LogP contribution in [-0.2, 0) is 13.6 Å². The van der Waals surface area contributed by atoms with Gasteiger partial charge in [-0.2, -0.15) is 0 Å². The van der Waals surface area contributed by atoms with Crippen LogP contribution in [0.25, 0.3) is 0 Å². The summed E-state index contributed by atoms with van der Waals surface area (Å²) in [7, 11) is 1.95. The molecule has 0 spiro atoms. The number of hydrogen-bond acceptors (Lipinski definition) is 3. The zero-order chi connectivity index (χ0) is 10.1. The van der Waals surface area contributed by atoms with E-state index in [0.29, 0.717) is 6.42 Å². The van der Waals surface area contributed by atoms with Gasteiger partial charge in [0.2, 0.25) is 0 Å². The number of carbonyl (C=O) groups excluding carboxylic acids is 1. The Balaban J connectivity index is 3.33. The number of unbranched alkanes of at least 4 members (excludes halogenated alkanes) is 1. The first-order valence-corrected chi connectivity index (χ1v) is 6.21. The summed E-state index contributed by atoms with van der Waals surface area (Å²) < 4.78 is 10.3. The molecule has 0 aromatic rings. The molecule has 0 rings (SSSR count). The van der Waals surface area contributed by atoms with E-state index >= 15 is 0 Å². The maximum atomic E-state index is 10.8. The topological polar surface area (TPSA) is 35.5 Å². The molecule has 0 fully saturated rings. The molecule has 0 aromatic carbocycles. The van der Waals surface area contributed by atoms with Gasteiger partial charge in [0.1, 0.15) is 0 Å². The van der Waals surface area contributed by atoms with Gasteiger partial charge in [-0.3, -0.25) is 4.79 Å². The smallest absolute Gasteiger partial charge is 0.320 e. The van der Waals surface area contributed by atoms with E-state index in [9.17, 15) is 4.79 Å². The monoisotopic (exact) mass is 202 g/mol.